The molecule has 0 amide bonds. The highest BCUT2D eigenvalue weighted by molar-refractivity contribution is 7.89. The number of aromatic nitrogens is 4. The van der Waals surface area contributed by atoms with E-state index in [-0.39, 0.29) is 11.4 Å². The Hall–Kier alpha value is -2.88. The minimum absolute atomic E-state index is 0.0633. The molecule has 0 aliphatic rings. The van der Waals surface area contributed by atoms with E-state index in [4.69, 9.17) is 0 Å². The molecule has 2 aromatic heterocycles. The van der Waals surface area contributed by atoms with Gasteiger partial charge in [0.05, 0.1) is 16.7 Å². The second-order valence-corrected chi connectivity index (χ2v) is 8.83. The second kappa shape index (κ2) is 7.18. The van der Waals surface area contributed by atoms with E-state index in [9.17, 15) is 13.5 Å². The number of sulfonamides is 1. The number of nitrogens with zero attached hydrogens (tertiary/aromatic N) is 4. The van der Waals surface area contributed by atoms with Gasteiger partial charge >= 0.3 is 0 Å². The van der Waals surface area contributed by atoms with Crippen molar-refractivity contribution in [1.29, 1.82) is 0 Å². The second-order valence-electron chi connectivity index (χ2n) is 7.07. The summed E-state index contributed by atoms with van der Waals surface area (Å²) in [4.78, 5) is 0.0908. The fraction of sp³-hybridized carbons (Fsp3) is 0.250. The van der Waals surface area contributed by atoms with E-state index < -0.39 is 16.1 Å². The van der Waals surface area contributed by atoms with Crippen LogP contribution in [0.1, 0.15) is 18.2 Å². The molecule has 0 radical (unpaired) electrons. The summed E-state index contributed by atoms with van der Waals surface area (Å²) in [5.74, 6) is 0.471. The van der Waals surface area contributed by atoms with E-state index in [2.05, 4.69) is 20.0 Å². The van der Waals surface area contributed by atoms with Crippen molar-refractivity contribution in [2.24, 2.45) is 0 Å². The lowest BCUT2D eigenvalue weighted by Crippen LogP contribution is -2.30. The van der Waals surface area contributed by atoms with Crippen molar-refractivity contribution in [2.45, 2.75) is 31.8 Å². The minimum atomic E-state index is -3.77. The van der Waals surface area contributed by atoms with Crippen LogP contribution in [-0.4, -0.2) is 46.0 Å². The smallest absolute Gasteiger partial charge is 0.240 e. The standard InChI is InChI=1S/C20H21N5O3S/c1-12-8-9-15(29(27,28)21-11-13(2)26)10-18(12)20-23-22-19-17-7-5-4-6-16(17)14(3)24-25(19)20/h4-10,13,21,26H,11H2,1-3H3. The number of aryl methyl sites for hydroxylation is 2. The van der Waals surface area contributed by atoms with Crippen LogP contribution in [0, 0.1) is 13.8 Å². The molecule has 0 aliphatic heterocycles. The van der Waals surface area contributed by atoms with Gasteiger partial charge in [-0.1, -0.05) is 30.3 Å². The maximum absolute atomic E-state index is 12.6. The zero-order chi connectivity index (χ0) is 20.8. The van der Waals surface area contributed by atoms with E-state index in [1.807, 2.05) is 38.1 Å². The number of hydrogen-bond acceptors (Lipinski definition) is 6. The Kier molecular flexibility index (Phi) is 4.81. The molecule has 8 nitrogen and oxygen atoms in total. The predicted octanol–water partition coefficient (Wildman–Crippen LogP) is 2.22. The highest BCUT2D eigenvalue weighted by atomic mass is 32.2. The largest absolute Gasteiger partial charge is 0.392 e. The van der Waals surface area contributed by atoms with Gasteiger partial charge in [-0.05, 0) is 38.5 Å². The highest BCUT2D eigenvalue weighted by Gasteiger charge is 2.20. The third-order valence-corrected chi connectivity index (χ3v) is 6.20. The summed E-state index contributed by atoms with van der Waals surface area (Å²) in [6.07, 6.45) is -0.782. The lowest BCUT2D eigenvalue weighted by Gasteiger charge is -2.11. The van der Waals surface area contributed by atoms with Gasteiger partial charge in [0.1, 0.15) is 0 Å². The van der Waals surface area contributed by atoms with Crippen molar-refractivity contribution in [1.82, 2.24) is 24.5 Å². The Labute approximate surface area is 168 Å². The number of hydrogen-bond donors (Lipinski definition) is 2. The van der Waals surface area contributed by atoms with Crippen LogP contribution in [0.15, 0.2) is 47.4 Å². The van der Waals surface area contributed by atoms with Crippen LogP contribution in [0.25, 0.3) is 27.8 Å². The Morgan fingerprint density at radius 2 is 1.83 bits per heavy atom. The molecule has 0 bridgehead atoms. The number of aliphatic hydroxyl groups is 1. The molecule has 2 heterocycles. The van der Waals surface area contributed by atoms with Gasteiger partial charge in [0.2, 0.25) is 10.0 Å². The number of fused-ring (bicyclic) bond motifs is 3. The van der Waals surface area contributed by atoms with Crippen LogP contribution < -0.4 is 4.72 Å². The van der Waals surface area contributed by atoms with Crippen molar-refractivity contribution in [2.75, 3.05) is 6.54 Å². The number of benzene rings is 2. The average Bonchev–Trinajstić information content (AvgIpc) is 3.10. The quantitative estimate of drug-likeness (QED) is 0.521. The van der Waals surface area contributed by atoms with Crippen LogP contribution in [0.4, 0.5) is 0 Å². The van der Waals surface area contributed by atoms with Crippen molar-refractivity contribution in [3.63, 3.8) is 0 Å². The van der Waals surface area contributed by atoms with Crippen molar-refractivity contribution in [3.05, 3.63) is 53.7 Å². The van der Waals surface area contributed by atoms with Gasteiger partial charge in [-0.2, -0.15) is 9.61 Å². The highest BCUT2D eigenvalue weighted by Crippen LogP contribution is 2.28. The number of aliphatic hydroxyl groups excluding tert-OH is 1. The fourth-order valence-electron chi connectivity index (χ4n) is 3.23. The van der Waals surface area contributed by atoms with E-state index in [1.165, 1.54) is 13.0 Å². The van der Waals surface area contributed by atoms with Crippen LogP contribution in [-0.2, 0) is 10.0 Å². The lowest BCUT2D eigenvalue weighted by atomic mass is 10.1. The molecule has 0 saturated heterocycles. The molecule has 0 saturated carbocycles. The fourth-order valence-corrected chi connectivity index (χ4v) is 4.38. The summed E-state index contributed by atoms with van der Waals surface area (Å²) < 4.78 is 29.2. The first kappa shape index (κ1) is 19.4. The summed E-state index contributed by atoms with van der Waals surface area (Å²) in [5, 5.41) is 24.6. The molecule has 29 heavy (non-hydrogen) atoms. The number of nitrogens with one attached hydrogen (secondary N) is 1. The average molecular weight is 411 g/mol. The van der Waals surface area contributed by atoms with Gasteiger partial charge < -0.3 is 5.11 Å². The van der Waals surface area contributed by atoms with Crippen LogP contribution in [0.2, 0.25) is 0 Å². The van der Waals surface area contributed by atoms with E-state index in [1.54, 1.807) is 16.6 Å². The molecule has 0 fully saturated rings. The van der Waals surface area contributed by atoms with Crippen molar-refractivity contribution < 1.29 is 13.5 Å². The number of rotatable bonds is 5. The zero-order valence-corrected chi connectivity index (χ0v) is 17.1. The first-order valence-electron chi connectivity index (χ1n) is 9.17. The SMILES string of the molecule is Cc1ccc(S(=O)(=O)NCC(C)O)cc1-c1nnc2c3ccccc3c(C)nn12. The molecule has 4 aromatic rings. The molecular weight excluding hydrogens is 390 g/mol. The summed E-state index contributed by atoms with van der Waals surface area (Å²) in [6, 6.07) is 12.6. The van der Waals surface area contributed by atoms with Gasteiger partial charge in [-0.15, -0.1) is 10.2 Å². The monoisotopic (exact) mass is 411 g/mol. The van der Waals surface area contributed by atoms with Gasteiger partial charge in [0, 0.05) is 22.9 Å². The van der Waals surface area contributed by atoms with E-state index >= 15 is 0 Å². The molecule has 9 heteroatoms. The summed E-state index contributed by atoms with van der Waals surface area (Å²) >= 11 is 0. The van der Waals surface area contributed by atoms with Gasteiger partial charge in [0.25, 0.3) is 0 Å². The Bertz CT molecular complexity index is 1330. The molecule has 4 rings (SSSR count). The molecule has 1 atom stereocenters. The minimum Gasteiger partial charge on any atom is -0.392 e. The first-order valence-corrected chi connectivity index (χ1v) is 10.7. The lowest BCUT2D eigenvalue weighted by molar-refractivity contribution is 0.198. The third kappa shape index (κ3) is 3.48. The normalized spacial score (nSPS) is 13.2. The van der Waals surface area contributed by atoms with Crippen molar-refractivity contribution in [3.8, 4) is 11.4 Å². The Morgan fingerprint density at radius 3 is 2.55 bits per heavy atom. The molecule has 150 valence electrons. The van der Waals surface area contributed by atoms with Crippen LogP contribution >= 0.6 is 0 Å². The van der Waals surface area contributed by atoms with Crippen LogP contribution in [0.5, 0.6) is 0 Å². The molecule has 2 N–H and O–H groups in total. The third-order valence-electron chi connectivity index (χ3n) is 4.78. The van der Waals surface area contributed by atoms with Gasteiger partial charge in [-0.3, -0.25) is 0 Å². The van der Waals surface area contributed by atoms with Crippen LogP contribution in [0.3, 0.4) is 0 Å². The van der Waals surface area contributed by atoms with Gasteiger partial charge in [-0.25, -0.2) is 13.1 Å². The summed E-state index contributed by atoms with van der Waals surface area (Å²) in [6.45, 7) is 5.25. The maximum Gasteiger partial charge on any atom is 0.240 e. The maximum atomic E-state index is 12.6. The van der Waals surface area contributed by atoms with Crippen molar-refractivity contribution >= 4 is 26.4 Å². The molecule has 0 spiro atoms. The predicted molar refractivity (Wildman–Crippen MR) is 110 cm³/mol. The molecule has 1 unspecified atom stereocenters. The zero-order valence-electron chi connectivity index (χ0n) is 16.3. The van der Waals surface area contributed by atoms with E-state index in [0.29, 0.717) is 17.0 Å². The Morgan fingerprint density at radius 1 is 1.10 bits per heavy atom. The Balaban J connectivity index is 1.88. The molecule has 2 aromatic carbocycles. The first-order chi connectivity index (χ1) is 13.8. The molecular formula is C20H21N5O3S. The molecule has 0 aliphatic carbocycles. The van der Waals surface area contributed by atoms with Gasteiger partial charge in [0.15, 0.2) is 11.5 Å². The topological polar surface area (TPSA) is 109 Å². The summed E-state index contributed by atoms with van der Waals surface area (Å²) in [7, 11) is -3.77. The summed E-state index contributed by atoms with van der Waals surface area (Å²) in [5.41, 5.74) is 2.91. The van der Waals surface area contributed by atoms with E-state index in [0.717, 1.165) is 22.0 Å².